The SMILES string of the molecule is O=C(O)CSc1nnc(NC(=O)C(F)(F)F)s1. The van der Waals surface area contributed by atoms with Gasteiger partial charge in [0.15, 0.2) is 4.34 Å². The van der Waals surface area contributed by atoms with Crippen LogP contribution in [0.4, 0.5) is 18.3 Å². The predicted octanol–water partition coefficient (Wildman–Crippen LogP) is 1.22. The summed E-state index contributed by atoms with van der Waals surface area (Å²) in [5.74, 6) is -3.53. The molecule has 1 heterocycles. The van der Waals surface area contributed by atoms with Gasteiger partial charge in [-0.3, -0.25) is 14.9 Å². The Bertz CT molecular complexity index is 434. The van der Waals surface area contributed by atoms with Crippen LogP contribution in [-0.2, 0) is 9.59 Å². The summed E-state index contributed by atoms with van der Waals surface area (Å²) < 4.78 is 35.7. The third-order valence-electron chi connectivity index (χ3n) is 1.20. The molecule has 1 rings (SSSR count). The molecule has 6 nitrogen and oxygen atoms in total. The van der Waals surface area contributed by atoms with Crippen molar-refractivity contribution in [3.05, 3.63) is 0 Å². The highest BCUT2D eigenvalue weighted by atomic mass is 32.2. The van der Waals surface area contributed by atoms with Crippen LogP contribution >= 0.6 is 23.1 Å². The van der Waals surface area contributed by atoms with Gasteiger partial charge in [-0.15, -0.1) is 10.2 Å². The number of nitrogens with one attached hydrogen (secondary N) is 1. The zero-order valence-electron chi connectivity index (χ0n) is 7.82. The molecular weight excluding hydrogens is 283 g/mol. The minimum Gasteiger partial charge on any atom is -0.481 e. The number of anilines is 1. The van der Waals surface area contributed by atoms with Gasteiger partial charge in [0.25, 0.3) is 0 Å². The molecule has 11 heteroatoms. The van der Waals surface area contributed by atoms with Crippen LogP contribution in [0.3, 0.4) is 0 Å². The third-order valence-corrected chi connectivity index (χ3v) is 3.16. The molecule has 0 aliphatic heterocycles. The lowest BCUT2D eigenvalue weighted by Crippen LogP contribution is -2.29. The van der Waals surface area contributed by atoms with E-state index in [0.29, 0.717) is 11.3 Å². The first kappa shape index (κ1) is 13.7. The highest BCUT2D eigenvalue weighted by Crippen LogP contribution is 2.26. The third kappa shape index (κ3) is 4.56. The van der Waals surface area contributed by atoms with Crippen LogP contribution in [0.2, 0.25) is 0 Å². The minimum absolute atomic E-state index is 0.157. The van der Waals surface area contributed by atoms with Gasteiger partial charge in [-0.1, -0.05) is 23.1 Å². The van der Waals surface area contributed by atoms with Gasteiger partial charge in [-0.25, -0.2) is 0 Å². The summed E-state index contributed by atoms with van der Waals surface area (Å²) in [7, 11) is 0. The number of carboxylic acids is 1. The maximum atomic E-state index is 11.9. The number of halogens is 3. The summed E-state index contributed by atoms with van der Waals surface area (Å²) in [6, 6.07) is 0. The lowest BCUT2D eigenvalue weighted by atomic mass is 10.6. The van der Waals surface area contributed by atoms with E-state index in [1.165, 1.54) is 5.32 Å². The minimum atomic E-state index is -5.00. The fourth-order valence-corrected chi connectivity index (χ4v) is 2.08. The number of carbonyl (C=O) groups is 2. The van der Waals surface area contributed by atoms with Crippen molar-refractivity contribution in [3.8, 4) is 0 Å². The molecule has 1 amide bonds. The number of hydrogen-bond acceptors (Lipinski definition) is 6. The number of rotatable bonds is 4. The highest BCUT2D eigenvalue weighted by molar-refractivity contribution is 8.01. The normalized spacial score (nSPS) is 11.2. The Kier molecular flexibility index (Phi) is 4.28. The number of aliphatic carboxylic acids is 1. The molecule has 0 radical (unpaired) electrons. The van der Waals surface area contributed by atoms with Gasteiger partial charge in [0.2, 0.25) is 5.13 Å². The Hall–Kier alpha value is -1.36. The van der Waals surface area contributed by atoms with Gasteiger partial charge >= 0.3 is 18.1 Å². The van der Waals surface area contributed by atoms with Crippen LogP contribution in [-0.4, -0.2) is 39.1 Å². The van der Waals surface area contributed by atoms with Gasteiger partial charge in [-0.2, -0.15) is 13.2 Å². The molecule has 0 aliphatic carbocycles. The van der Waals surface area contributed by atoms with Crippen LogP contribution in [0.1, 0.15) is 0 Å². The molecule has 1 aromatic rings. The van der Waals surface area contributed by atoms with E-state index in [1.54, 1.807) is 0 Å². The number of amides is 1. The average Bonchev–Trinajstić information content (AvgIpc) is 2.61. The second-order valence-electron chi connectivity index (χ2n) is 2.51. The van der Waals surface area contributed by atoms with Crippen molar-refractivity contribution in [3.63, 3.8) is 0 Å². The summed E-state index contributed by atoms with van der Waals surface area (Å²) in [4.78, 5) is 20.7. The zero-order chi connectivity index (χ0) is 13.1. The molecule has 94 valence electrons. The van der Waals surface area contributed by atoms with E-state index in [-0.39, 0.29) is 15.2 Å². The van der Waals surface area contributed by atoms with Gasteiger partial charge < -0.3 is 5.11 Å². The molecule has 0 saturated carbocycles. The van der Waals surface area contributed by atoms with Gasteiger partial charge in [0, 0.05) is 0 Å². The van der Waals surface area contributed by atoms with Crippen molar-refractivity contribution in [2.45, 2.75) is 10.5 Å². The number of aromatic nitrogens is 2. The van der Waals surface area contributed by atoms with Gasteiger partial charge in [0.05, 0.1) is 5.75 Å². The van der Waals surface area contributed by atoms with Gasteiger partial charge in [-0.05, 0) is 0 Å². The number of nitrogens with zero attached hydrogens (tertiary/aromatic N) is 2. The van der Waals surface area contributed by atoms with Crippen LogP contribution in [0.15, 0.2) is 4.34 Å². The molecule has 2 N–H and O–H groups in total. The first-order valence-electron chi connectivity index (χ1n) is 3.85. The first-order valence-corrected chi connectivity index (χ1v) is 5.65. The fraction of sp³-hybridized carbons (Fsp3) is 0.333. The molecule has 0 spiro atoms. The lowest BCUT2D eigenvalue weighted by molar-refractivity contribution is -0.167. The van der Waals surface area contributed by atoms with Crippen molar-refractivity contribution in [2.75, 3.05) is 11.1 Å². The number of carbonyl (C=O) groups excluding carboxylic acids is 1. The molecule has 0 aromatic carbocycles. The van der Waals surface area contributed by atoms with Crippen molar-refractivity contribution in [2.24, 2.45) is 0 Å². The Morgan fingerprint density at radius 1 is 1.41 bits per heavy atom. The van der Waals surface area contributed by atoms with E-state index in [9.17, 15) is 22.8 Å². The summed E-state index contributed by atoms with van der Waals surface area (Å²) >= 11 is 1.46. The quantitative estimate of drug-likeness (QED) is 0.639. The zero-order valence-corrected chi connectivity index (χ0v) is 9.45. The second-order valence-corrected chi connectivity index (χ2v) is 4.71. The van der Waals surface area contributed by atoms with Crippen LogP contribution in [0, 0.1) is 0 Å². The summed E-state index contributed by atoms with van der Waals surface area (Å²) in [5, 5.41) is 16.2. The molecule has 0 aliphatic rings. The van der Waals surface area contributed by atoms with E-state index in [1.807, 2.05) is 0 Å². The monoisotopic (exact) mass is 287 g/mol. The Morgan fingerprint density at radius 2 is 2.06 bits per heavy atom. The molecule has 17 heavy (non-hydrogen) atoms. The smallest absolute Gasteiger partial charge is 0.471 e. The van der Waals surface area contributed by atoms with E-state index >= 15 is 0 Å². The molecule has 1 aromatic heterocycles. The van der Waals surface area contributed by atoms with E-state index in [2.05, 4.69) is 10.2 Å². The number of hydrogen-bond donors (Lipinski definition) is 2. The Balaban J connectivity index is 2.57. The molecule has 0 atom stereocenters. The largest absolute Gasteiger partial charge is 0.481 e. The average molecular weight is 287 g/mol. The van der Waals surface area contributed by atoms with E-state index in [4.69, 9.17) is 5.11 Å². The Labute approximate surface area is 100 Å². The molecular formula is C6H4F3N3O3S2. The van der Waals surface area contributed by atoms with Crippen LogP contribution in [0.5, 0.6) is 0 Å². The van der Waals surface area contributed by atoms with Crippen LogP contribution < -0.4 is 5.32 Å². The lowest BCUT2D eigenvalue weighted by Gasteiger charge is -2.03. The maximum absolute atomic E-state index is 11.9. The van der Waals surface area contributed by atoms with Crippen molar-refractivity contribution < 1.29 is 27.9 Å². The van der Waals surface area contributed by atoms with E-state index in [0.717, 1.165) is 11.8 Å². The summed E-state index contributed by atoms with van der Waals surface area (Å²) in [5.41, 5.74) is 0. The molecule has 0 fully saturated rings. The second kappa shape index (κ2) is 5.31. The fourth-order valence-electron chi connectivity index (χ4n) is 0.610. The Morgan fingerprint density at radius 3 is 2.59 bits per heavy atom. The topological polar surface area (TPSA) is 92.2 Å². The highest BCUT2D eigenvalue weighted by Gasteiger charge is 2.39. The first-order chi connectivity index (χ1) is 7.79. The predicted molar refractivity (Wildman–Crippen MR) is 53.0 cm³/mol. The summed E-state index contributed by atoms with van der Waals surface area (Å²) in [6.45, 7) is 0. The van der Waals surface area contributed by atoms with Gasteiger partial charge in [0.1, 0.15) is 0 Å². The molecule has 0 unspecified atom stereocenters. The maximum Gasteiger partial charge on any atom is 0.471 e. The van der Waals surface area contributed by atoms with E-state index < -0.39 is 18.1 Å². The van der Waals surface area contributed by atoms with Crippen LogP contribution in [0.25, 0.3) is 0 Å². The summed E-state index contributed by atoms with van der Waals surface area (Å²) in [6.07, 6.45) is -5.00. The van der Waals surface area contributed by atoms with Crippen molar-refractivity contribution in [1.82, 2.24) is 10.2 Å². The van der Waals surface area contributed by atoms with Crippen molar-refractivity contribution >= 4 is 40.1 Å². The number of alkyl halides is 3. The number of carboxylic acid groups (broad SMARTS) is 1. The molecule has 0 saturated heterocycles. The molecule has 0 bridgehead atoms. The van der Waals surface area contributed by atoms with Crippen molar-refractivity contribution in [1.29, 1.82) is 0 Å². The number of thioether (sulfide) groups is 1. The standard InChI is InChI=1S/C6H4F3N3O3S2/c7-6(8,9)3(15)10-4-11-12-5(17-4)16-1-2(13)14/h1H2,(H,13,14)(H,10,11,15).